The SMILES string of the molecule is N[C@@H]1CCCN(C(=O)c2cc(S(N)(=O)=O)ccc2Br)C1. The summed E-state index contributed by atoms with van der Waals surface area (Å²) in [5, 5.41) is 5.09. The minimum absolute atomic E-state index is 0.0344. The molecule has 0 unspecified atom stereocenters. The van der Waals surface area contributed by atoms with Crippen LogP contribution in [0.4, 0.5) is 0 Å². The number of hydrogen-bond donors (Lipinski definition) is 2. The van der Waals surface area contributed by atoms with Crippen molar-refractivity contribution in [3.05, 3.63) is 28.2 Å². The number of likely N-dealkylation sites (tertiary alicyclic amines) is 1. The molecule has 1 aliphatic rings. The second-order valence-electron chi connectivity index (χ2n) is 4.84. The quantitative estimate of drug-likeness (QED) is 0.806. The number of rotatable bonds is 2. The van der Waals surface area contributed by atoms with E-state index in [1.54, 1.807) is 4.90 Å². The van der Waals surface area contributed by atoms with Crippen molar-refractivity contribution in [1.29, 1.82) is 0 Å². The summed E-state index contributed by atoms with van der Waals surface area (Å²) in [6, 6.07) is 4.13. The molecule has 1 heterocycles. The molecular weight excluding hydrogens is 346 g/mol. The molecule has 1 fully saturated rings. The lowest BCUT2D eigenvalue weighted by Gasteiger charge is -2.31. The van der Waals surface area contributed by atoms with Crippen LogP contribution in [0.15, 0.2) is 27.6 Å². The van der Waals surface area contributed by atoms with E-state index in [1.165, 1.54) is 18.2 Å². The van der Waals surface area contributed by atoms with Crippen LogP contribution in [0, 0.1) is 0 Å². The van der Waals surface area contributed by atoms with Gasteiger partial charge in [0, 0.05) is 23.6 Å². The van der Waals surface area contributed by atoms with Crippen LogP contribution in [0.2, 0.25) is 0 Å². The number of nitrogens with zero attached hydrogens (tertiary/aromatic N) is 1. The van der Waals surface area contributed by atoms with Crippen molar-refractivity contribution < 1.29 is 13.2 Å². The van der Waals surface area contributed by atoms with Gasteiger partial charge in [0.25, 0.3) is 5.91 Å². The third-order valence-corrected chi connectivity index (χ3v) is 4.84. The first kappa shape index (κ1) is 15.4. The van der Waals surface area contributed by atoms with Crippen molar-refractivity contribution in [2.75, 3.05) is 13.1 Å². The average molecular weight is 362 g/mol. The fourth-order valence-electron chi connectivity index (χ4n) is 2.21. The van der Waals surface area contributed by atoms with Crippen molar-refractivity contribution in [2.45, 2.75) is 23.8 Å². The molecule has 0 radical (unpaired) electrons. The molecule has 0 bridgehead atoms. The van der Waals surface area contributed by atoms with Gasteiger partial charge in [0.2, 0.25) is 10.0 Å². The molecule has 0 saturated carbocycles. The summed E-state index contributed by atoms with van der Waals surface area (Å²) in [6.45, 7) is 1.10. The highest BCUT2D eigenvalue weighted by atomic mass is 79.9. The molecule has 20 heavy (non-hydrogen) atoms. The second kappa shape index (κ2) is 5.80. The Hall–Kier alpha value is -0.960. The van der Waals surface area contributed by atoms with Crippen molar-refractivity contribution in [3.63, 3.8) is 0 Å². The van der Waals surface area contributed by atoms with Crippen LogP contribution in [0.3, 0.4) is 0 Å². The lowest BCUT2D eigenvalue weighted by molar-refractivity contribution is 0.0707. The van der Waals surface area contributed by atoms with E-state index < -0.39 is 10.0 Å². The number of carbonyl (C=O) groups is 1. The Bertz CT molecular complexity index is 633. The van der Waals surface area contributed by atoms with E-state index in [0.29, 0.717) is 17.6 Å². The standard InChI is InChI=1S/C12H16BrN3O3S/c13-11-4-3-9(20(15,18)19)6-10(11)12(17)16-5-1-2-8(14)7-16/h3-4,6,8H,1-2,5,7,14H2,(H2,15,18,19)/t8-/m1/s1. The Morgan fingerprint density at radius 2 is 2.10 bits per heavy atom. The normalized spacial score (nSPS) is 19.9. The minimum atomic E-state index is -3.83. The van der Waals surface area contributed by atoms with Gasteiger partial charge in [-0.25, -0.2) is 13.6 Å². The van der Waals surface area contributed by atoms with Crippen LogP contribution >= 0.6 is 15.9 Å². The van der Waals surface area contributed by atoms with E-state index in [1.807, 2.05) is 0 Å². The molecular formula is C12H16BrN3O3S. The van der Waals surface area contributed by atoms with Gasteiger partial charge in [-0.1, -0.05) is 0 Å². The topological polar surface area (TPSA) is 106 Å². The number of hydrogen-bond acceptors (Lipinski definition) is 4. The lowest BCUT2D eigenvalue weighted by Crippen LogP contribution is -2.45. The fraction of sp³-hybridized carbons (Fsp3) is 0.417. The molecule has 1 amide bonds. The van der Waals surface area contributed by atoms with Gasteiger partial charge in [-0.15, -0.1) is 0 Å². The summed E-state index contributed by atoms with van der Waals surface area (Å²) >= 11 is 3.27. The van der Waals surface area contributed by atoms with Crippen LogP contribution in [0.1, 0.15) is 23.2 Å². The first-order chi connectivity index (χ1) is 9.29. The first-order valence-electron chi connectivity index (χ1n) is 6.16. The van der Waals surface area contributed by atoms with E-state index in [-0.39, 0.29) is 22.4 Å². The second-order valence-corrected chi connectivity index (χ2v) is 7.26. The Balaban J connectivity index is 2.34. The average Bonchev–Trinajstić information content (AvgIpc) is 2.37. The third-order valence-electron chi connectivity index (χ3n) is 3.24. The monoisotopic (exact) mass is 361 g/mol. The summed E-state index contributed by atoms with van der Waals surface area (Å²) in [6.07, 6.45) is 1.74. The third kappa shape index (κ3) is 3.38. The summed E-state index contributed by atoms with van der Waals surface area (Å²) < 4.78 is 23.3. The van der Waals surface area contributed by atoms with Gasteiger partial charge in [-0.3, -0.25) is 4.79 Å². The molecule has 110 valence electrons. The molecule has 0 spiro atoms. The minimum Gasteiger partial charge on any atom is -0.337 e. The summed E-state index contributed by atoms with van der Waals surface area (Å²) in [5.41, 5.74) is 6.14. The maximum absolute atomic E-state index is 12.5. The van der Waals surface area contributed by atoms with Crippen LogP contribution in [0.25, 0.3) is 0 Å². The fourth-order valence-corrected chi connectivity index (χ4v) is 3.17. The molecule has 1 aliphatic heterocycles. The van der Waals surface area contributed by atoms with Gasteiger partial charge in [0.15, 0.2) is 0 Å². The Morgan fingerprint density at radius 3 is 2.70 bits per heavy atom. The predicted molar refractivity (Wildman–Crippen MR) is 78.6 cm³/mol. The van der Waals surface area contributed by atoms with Crippen LogP contribution in [-0.4, -0.2) is 38.4 Å². The number of sulfonamides is 1. The number of carbonyl (C=O) groups excluding carboxylic acids is 1. The van der Waals surface area contributed by atoms with E-state index >= 15 is 0 Å². The Labute approximate surface area is 126 Å². The van der Waals surface area contributed by atoms with Gasteiger partial charge in [-0.2, -0.15) is 0 Å². The van der Waals surface area contributed by atoms with E-state index in [0.717, 1.165) is 12.8 Å². The summed E-state index contributed by atoms with van der Waals surface area (Å²) in [7, 11) is -3.83. The maximum atomic E-state index is 12.5. The van der Waals surface area contributed by atoms with Crippen LogP contribution in [-0.2, 0) is 10.0 Å². The first-order valence-corrected chi connectivity index (χ1v) is 8.50. The zero-order valence-electron chi connectivity index (χ0n) is 10.8. The maximum Gasteiger partial charge on any atom is 0.255 e. The van der Waals surface area contributed by atoms with Crippen molar-refractivity contribution in [2.24, 2.45) is 10.9 Å². The summed E-state index contributed by atoms with van der Waals surface area (Å²) in [4.78, 5) is 14.0. The molecule has 4 N–H and O–H groups in total. The largest absolute Gasteiger partial charge is 0.337 e. The van der Waals surface area contributed by atoms with Crippen LogP contribution < -0.4 is 10.9 Å². The molecule has 0 aromatic heterocycles. The predicted octanol–water partition coefficient (Wildman–Crippen LogP) is 0.660. The molecule has 6 nitrogen and oxygen atoms in total. The van der Waals surface area contributed by atoms with Crippen molar-refractivity contribution >= 4 is 31.9 Å². The summed E-state index contributed by atoms with van der Waals surface area (Å²) in [5.74, 6) is -0.238. The highest BCUT2D eigenvalue weighted by Gasteiger charge is 2.24. The van der Waals surface area contributed by atoms with Crippen molar-refractivity contribution in [3.8, 4) is 0 Å². The highest BCUT2D eigenvalue weighted by molar-refractivity contribution is 9.10. The highest BCUT2D eigenvalue weighted by Crippen LogP contribution is 2.23. The molecule has 1 aromatic carbocycles. The van der Waals surface area contributed by atoms with E-state index in [9.17, 15) is 13.2 Å². The lowest BCUT2D eigenvalue weighted by atomic mass is 10.1. The molecule has 2 rings (SSSR count). The molecule has 1 saturated heterocycles. The number of halogens is 1. The number of amides is 1. The zero-order valence-corrected chi connectivity index (χ0v) is 13.2. The van der Waals surface area contributed by atoms with Gasteiger partial charge >= 0.3 is 0 Å². The molecule has 8 heteroatoms. The zero-order chi connectivity index (χ0) is 14.9. The number of benzene rings is 1. The Kier molecular flexibility index (Phi) is 4.48. The molecule has 1 aromatic rings. The number of primary sulfonamides is 1. The smallest absolute Gasteiger partial charge is 0.255 e. The molecule has 0 aliphatic carbocycles. The number of nitrogens with two attached hydrogens (primary N) is 2. The van der Waals surface area contributed by atoms with Gasteiger partial charge < -0.3 is 10.6 Å². The Morgan fingerprint density at radius 1 is 1.40 bits per heavy atom. The van der Waals surface area contributed by atoms with Crippen molar-refractivity contribution in [1.82, 2.24) is 4.90 Å². The number of piperidine rings is 1. The van der Waals surface area contributed by atoms with E-state index in [2.05, 4.69) is 15.9 Å². The van der Waals surface area contributed by atoms with Gasteiger partial charge in [0.05, 0.1) is 10.5 Å². The van der Waals surface area contributed by atoms with Gasteiger partial charge in [0.1, 0.15) is 0 Å². The van der Waals surface area contributed by atoms with Gasteiger partial charge in [-0.05, 0) is 47.0 Å². The molecule has 1 atom stereocenters. The van der Waals surface area contributed by atoms with Crippen LogP contribution in [0.5, 0.6) is 0 Å². The van der Waals surface area contributed by atoms with E-state index in [4.69, 9.17) is 10.9 Å².